The summed E-state index contributed by atoms with van der Waals surface area (Å²) in [7, 11) is 3.23. The van der Waals surface area contributed by atoms with Crippen molar-refractivity contribution in [2.75, 3.05) is 58.9 Å². The van der Waals surface area contributed by atoms with Crippen LogP contribution in [-0.2, 0) is 0 Å². The van der Waals surface area contributed by atoms with Crippen LogP contribution in [0.5, 0.6) is 11.5 Å². The molecule has 0 saturated heterocycles. The van der Waals surface area contributed by atoms with E-state index in [1.54, 1.807) is 20.4 Å². The van der Waals surface area contributed by atoms with E-state index < -0.39 is 0 Å². The number of benzene rings is 1. The third-order valence-electron chi connectivity index (χ3n) is 4.04. The lowest BCUT2D eigenvalue weighted by Gasteiger charge is -2.20. The van der Waals surface area contributed by atoms with Crippen LogP contribution >= 0.6 is 0 Å². The van der Waals surface area contributed by atoms with Gasteiger partial charge in [0.15, 0.2) is 11.5 Å². The number of hydrogen-bond donors (Lipinski definition) is 3. The van der Waals surface area contributed by atoms with Gasteiger partial charge in [0.25, 0.3) is 0 Å². The van der Waals surface area contributed by atoms with E-state index in [-0.39, 0.29) is 13.2 Å². The Hall–Kier alpha value is -2.09. The van der Waals surface area contributed by atoms with Gasteiger partial charge in [-0.3, -0.25) is 4.90 Å². The first-order chi connectivity index (χ1) is 12.2. The smallest absolute Gasteiger partial charge is 0.161 e. The Labute approximate surface area is 148 Å². The molecule has 1 aromatic carbocycles. The second-order valence-electron chi connectivity index (χ2n) is 5.66. The Kier molecular flexibility index (Phi) is 7.72. The molecule has 1 aromatic heterocycles. The van der Waals surface area contributed by atoms with Gasteiger partial charge in [-0.25, -0.2) is 4.98 Å². The van der Waals surface area contributed by atoms with E-state index in [1.165, 1.54) is 0 Å². The van der Waals surface area contributed by atoms with E-state index in [0.29, 0.717) is 24.6 Å². The van der Waals surface area contributed by atoms with Gasteiger partial charge in [-0.2, -0.15) is 0 Å². The predicted octanol–water partition coefficient (Wildman–Crippen LogP) is 1.34. The normalized spacial score (nSPS) is 11.1. The van der Waals surface area contributed by atoms with Crippen LogP contribution in [0.1, 0.15) is 6.42 Å². The first kappa shape index (κ1) is 19.2. The molecule has 1 heterocycles. The van der Waals surface area contributed by atoms with Crippen LogP contribution in [0.15, 0.2) is 24.4 Å². The zero-order valence-electron chi connectivity index (χ0n) is 14.9. The first-order valence-electron chi connectivity index (χ1n) is 8.42. The fourth-order valence-corrected chi connectivity index (χ4v) is 2.77. The molecule has 0 spiro atoms. The van der Waals surface area contributed by atoms with E-state index in [9.17, 15) is 0 Å². The number of aliphatic hydroxyl groups is 2. The molecular formula is C18H27N3O4. The lowest BCUT2D eigenvalue weighted by molar-refractivity contribution is 0.161. The van der Waals surface area contributed by atoms with Crippen molar-refractivity contribution in [3.05, 3.63) is 24.4 Å². The van der Waals surface area contributed by atoms with Gasteiger partial charge in [0.05, 0.1) is 27.4 Å². The minimum absolute atomic E-state index is 0.0972. The maximum atomic E-state index is 9.04. The number of fused-ring (bicyclic) bond motifs is 1. The maximum absolute atomic E-state index is 9.04. The molecule has 0 radical (unpaired) electrons. The van der Waals surface area contributed by atoms with Crippen molar-refractivity contribution in [3.8, 4) is 11.5 Å². The minimum Gasteiger partial charge on any atom is -0.493 e. The molecule has 0 fully saturated rings. The average Bonchev–Trinajstić information content (AvgIpc) is 2.64. The fraction of sp³-hybridized carbons (Fsp3) is 0.500. The Morgan fingerprint density at radius 1 is 1.04 bits per heavy atom. The Bertz CT molecular complexity index is 660. The number of nitrogens with zero attached hydrogens (tertiary/aromatic N) is 2. The number of methoxy groups -OCH3 is 2. The summed E-state index contributed by atoms with van der Waals surface area (Å²) in [4.78, 5) is 6.46. The highest BCUT2D eigenvalue weighted by atomic mass is 16.5. The van der Waals surface area contributed by atoms with E-state index in [4.69, 9.17) is 19.7 Å². The molecule has 3 N–H and O–H groups in total. The molecule has 2 rings (SSSR count). The number of nitrogens with one attached hydrogen (secondary N) is 1. The number of rotatable bonds is 11. The minimum atomic E-state index is 0.0972. The summed E-state index contributed by atoms with van der Waals surface area (Å²) in [6, 6.07) is 5.80. The van der Waals surface area contributed by atoms with Crippen molar-refractivity contribution >= 4 is 16.6 Å². The van der Waals surface area contributed by atoms with Crippen LogP contribution in [0.2, 0.25) is 0 Å². The van der Waals surface area contributed by atoms with Gasteiger partial charge < -0.3 is 25.0 Å². The van der Waals surface area contributed by atoms with Crippen LogP contribution in [0.4, 0.5) is 5.82 Å². The van der Waals surface area contributed by atoms with Crippen molar-refractivity contribution in [2.24, 2.45) is 0 Å². The third-order valence-corrected chi connectivity index (χ3v) is 4.04. The summed E-state index contributed by atoms with van der Waals surface area (Å²) in [5, 5.41) is 23.4. The lowest BCUT2D eigenvalue weighted by Crippen LogP contribution is -2.31. The van der Waals surface area contributed by atoms with Gasteiger partial charge in [-0.15, -0.1) is 0 Å². The molecule has 7 heteroatoms. The SMILES string of the molecule is COc1cc2ccnc(NCCCN(CCO)CCO)c2cc1OC. The van der Waals surface area contributed by atoms with Crippen molar-refractivity contribution in [2.45, 2.75) is 6.42 Å². The molecule has 25 heavy (non-hydrogen) atoms. The topological polar surface area (TPSA) is 87.1 Å². The van der Waals surface area contributed by atoms with Gasteiger partial charge in [-0.05, 0) is 36.6 Å². The number of aliphatic hydroxyl groups excluding tert-OH is 2. The van der Waals surface area contributed by atoms with Crippen molar-refractivity contribution in [1.29, 1.82) is 0 Å². The Morgan fingerprint density at radius 2 is 1.72 bits per heavy atom. The van der Waals surface area contributed by atoms with Crippen LogP contribution in [0.25, 0.3) is 10.8 Å². The number of hydrogen-bond acceptors (Lipinski definition) is 7. The van der Waals surface area contributed by atoms with Gasteiger partial charge >= 0.3 is 0 Å². The number of aromatic nitrogens is 1. The molecule has 0 bridgehead atoms. The number of pyridine rings is 1. The molecular weight excluding hydrogens is 322 g/mol. The van der Waals surface area contributed by atoms with Gasteiger partial charge in [0.2, 0.25) is 0 Å². The Morgan fingerprint density at radius 3 is 2.36 bits per heavy atom. The van der Waals surface area contributed by atoms with E-state index >= 15 is 0 Å². The highest BCUT2D eigenvalue weighted by molar-refractivity contribution is 5.94. The standard InChI is InChI=1S/C18H27N3O4/c1-24-16-12-14-4-6-20-18(15(14)13-17(16)25-2)19-5-3-7-21(8-10-22)9-11-23/h4,6,12-13,22-23H,3,5,7-11H2,1-2H3,(H,19,20). The third kappa shape index (κ3) is 5.19. The average molecular weight is 349 g/mol. The summed E-state index contributed by atoms with van der Waals surface area (Å²) in [5.74, 6) is 2.16. The molecule has 0 amide bonds. The Balaban J connectivity index is 2.03. The number of ether oxygens (including phenoxy) is 2. The maximum Gasteiger partial charge on any atom is 0.161 e. The van der Waals surface area contributed by atoms with Crippen molar-refractivity contribution < 1.29 is 19.7 Å². The molecule has 0 atom stereocenters. The molecule has 0 unspecified atom stereocenters. The van der Waals surface area contributed by atoms with Crippen LogP contribution in [0.3, 0.4) is 0 Å². The van der Waals surface area contributed by atoms with Crippen molar-refractivity contribution in [1.82, 2.24) is 9.88 Å². The predicted molar refractivity (Wildman–Crippen MR) is 98.6 cm³/mol. The largest absolute Gasteiger partial charge is 0.493 e. The second kappa shape index (κ2) is 10.0. The number of anilines is 1. The summed E-state index contributed by atoms with van der Waals surface area (Å²) in [6.45, 7) is 2.89. The fourth-order valence-electron chi connectivity index (χ4n) is 2.77. The van der Waals surface area contributed by atoms with E-state index in [1.807, 2.05) is 23.1 Å². The van der Waals surface area contributed by atoms with Gasteiger partial charge in [-0.1, -0.05) is 0 Å². The van der Waals surface area contributed by atoms with Crippen LogP contribution in [-0.4, -0.2) is 73.7 Å². The highest BCUT2D eigenvalue weighted by Crippen LogP contribution is 2.34. The highest BCUT2D eigenvalue weighted by Gasteiger charge is 2.10. The first-order valence-corrected chi connectivity index (χ1v) is 8.42. The molecule has 7 nitrogen and oxygen atoms in total. The quantitative estimate of drug-likeness (QED) is 0.528. The second-order valence-corrected chi connectivity index (χ2v) is 5.66. The summed E-state index contributed by atoms with van der Waals surface area (Å²) >= 11 is 0. The molecule has 0 saturated carbocycles. The van der Waals surface area contributed by atoms with Crippen LogP contribution < -0.4 is 14.8 Å². The zero-order chi connectivity index (χ0) is 18.1. The van der Waals surface area contributed by atoms with Crippen LogP contribution in [0, 0.1) is 0 Å². The van der Waals surface area contributed by atoms with Gasteiger partial charge in [0, 0.05) is 31.2 Å². The van der Waals surface area contributed by atoms with E-state index in [2.05, 4.69) is 10.3 Å². The van der Waals surface area contributed by atoms with Gasteiger partial charge in [0.1, 0.15) is 5.82 Å². The zero-order valence-corrected chi connectivity index (χ0v) is 14.9. The summed E-state index contributed by atoms with van der Waals surface area (Å²) < 4.78 is 10.7. The lowest BCUT2D eigenvalue weighted by atomic mass is 10.1. The molecule has 0 aliphatic heterocycles. The van der Waals surface area contributed by atoms with Crippen molar-refractivity contribution in [3.63, 3.8) is 0 Å². The monoisotopic (exact) mass is 349 g/mol. The molecule has 2 aromatic rings. The molecule has 0 aliphatic carbocycles. The molecule has 0 aliphatic rings. The van der Waals surface area contributed by atoms with E-state index in [0.717, 1.165) is 36.1 Å². The summed E-state index contributed by atoms with van der Waals surface area (Å²) in [5.41, 5.74) is 0. The summed E-state index contributed by atoms with van der Waals surface area (Å²) in [6.07, 6.45) is 2.64. The molecule has 138 valence electrons.